The molecule has 1 saturated heterocycles. The Morgan fingerprint density at radius 1 is 1.55 bits per heavy atom. The second-order valence-corrected chi connectivity index (χ2v) is 4.67. The third kappa shape index (κ3) is 2.58. The van der Waals surface area contributed by atoms with Gasteiger partial charge in [-0.15, -0.1) is 10.7 Å². The third-order valence-electron chi connectivity index (χ3n) is 1.88. The molecular formula is C8H17NOS. The molecule has 0 bridgehead atoms. The zero-order valence-corrected chi connectivity index (χ0v) is 8.19. The highest BCUT2D eigenvalue weighted by Gasteiger charge is 2.09. The zero-order valence-electron chi connectivity index (χ0n) is 7.38. The molecule has 1 unspecified atom stereocenters. The number of nitrogens with zero attached hydrogens (tertiary/aromatic N) is 1. The maximum Gasteiger partial charge on any atom is 0.0603 e. The van der Waals surface area contributed by atoms with Gasteiger partial charge in [-0.3, -0.25) is 4.31 Å². The van der Waals surface area contributed by atoms with Gasteiger partial charge in [-0.05, 0) is 12.3 Å². The SMILES string of the molecule is C/C=S1/CCOCCN1CC. The fourth-order valence-corrected chi connectivity index (χ4v) is 2.97. The summed E-state index contributed by atoms with van der Waals surface area (Å²) in [6.45, 7) is 8.46. The predicted octanol–water partition coefficient (Wildman–Crippen LogP) is 1.34. The molecule has 11 heavy (non-hydrogen) atoms. The first kappa shape index (κ1) is 9.23. The largest absolute Gasteiger partial charge is 0.379 e. The summed E-state index contributed by atoms with van der Waals surface area (Å²) in [5.41, 5.74) is 0. The highest BCUT2D eigenvalue weighted by molar-refractivity contribution is 8.12. The molecule has 1 atom stereocenters. The van der Waals surface area contributed by atoms with Gasteiger partial charge >= 0.3 is 0 Å². The predicted molar refractivity (Wildman–Crippen MR) is 52.3 cm³/mol. The van der Waals surface area contributed by atoms with E-state index < -0.39 is 0 Å². The minimum Gasteiger partial charge on any atom is -0.379 e. The highest BCUT2D eigenvalue weighted by atomic mass is 32.2. The van der Waals surface area contributed by atoms with Crippen molar-refractivity contribution in [2.75, 3.05) is 32.1 Å². The van der Waals surface area contributed by atoms with Crippen LogP contribution >= 0.6 is 10.7 Å². The molecule has 0 spiro atoms. The average Bonchev–Trinajstić information content (AvgIpc) is 2.27. The molecule has 3 heteroatoms. The van der Waals surface area contributed by atoms with E-state index in [1.165, 1.54) is 5.75 Å². The van der Waals surface area contributed by atoms with E-state index in [0.29, 0.717) is 10.7 Å². The normalized spacial score (nSPS) is 28.7. The Morgan fingerprint density at radius 2 is 2.36 bits per heavy atom. The van der Waals surface area contributed by atoms with E-state index in [1.807, 2.05) is 0 Å². The van der Waals surface area contributed by atoms with Gasteiger partial charge in [0.15, 0.2) is 0 Å². The molecule has 0 aromatic carbocycles. The Hall–Kier alpha value is 0.140. The number of hydrogen-bond donors (Lipinski definition) is 0. The van der Waals surface area contributed by atoms with Crippen molar-refractivity contribution in [2.24, 2.45) is 0 Å². The molecule has 66 valence electrons. The van der Waals surface area contributed by atoms with Gasteiger partial charge in [-0.25, -0.2) is 0 Å². The van der Waals surface area contributed by atoms with Gasteiger partial charge < -0.3 is 4.74 Å². The van der Waals surface area contributed by atoms with Gasteiger partial charge in [0.1, 0.15) is 0 Å². The lowest BCUT2D eigenvalue weighted by Gasteiger charge is -2.20. The summed E-state index contributed by atoms with van der Waals surface area (Å²) in [5, 5.41) is 2.30. The maximum absolute atomic E-state index is 5.40. The molecule has 0 aliphatic carbocycles. The fraction of sp³-hybridized carbons (Fsp3) is 0.875. The van der Waals surface area contributed by atoms with Crippen LogP contribution in [0.2, 0.25) is 0 Å². The summed E-state index contributed by atoms with van der Waals surface area (Å²) in [6, 6.07) is 0. The van der Waals surface area contributed by atoms with E-state index in [1.54, 1.807) is 0 Å². The van der Waals surface area contributed by atoms with E-state index in [4.69, 9.17) is 4.74 Å². The van der Waals surface area contributed by atoms with Crippen LogP contribution in [0.15, 0.2) is 0 Å². The molecule has 1 heterocycles. The van der Waals surface area contributed by atoms with Crippen molar-refractivity contribution in [3.63, 3.8) is 0 Å². The van der Waals surface area contributed by atoms with Crippen LogP contribution in [0.5, 0.6) is 0 Å². The Kier molecular flexibility index (Phi) is 4.12. The third-order valence-corrected chi connectivity index (χ3v) is 4.11. The van der Waals surface area contributed by atoms with Crippen molar-refractivity contribution >= 4 is 16.0 Å². The lowest BCUT2D eigenvalue weighted by Crippen LogP contribution is -2.20. The van der Waals surface area contributed by atoms with Gasteiger partial charge in [0, 0.05) is 18.8 Å². The van der Waals surface area contributed by atoms with Crippen molar-refractivity contribution in [1.82, 2.24) is 4.31 Å². The number of ether oxygens (including phenoxy) is 1. The minimum atomic E-state index is 0.377. The van der Waals surface area contributed by atoms with Gasteiger partial charge in [-0.2, -0.15) is 0 Å². The van der Waals surface area contributed by atoms with Crippen molar-refractivity contribution < 1.29 is 4.74 Å². The zero-order chi connectivity index (χ0) is 8.10. The molecule has 0 N–H and O–H groups in total. The molecular weight excluding hydrogens is 158 g/mol. The summed E-state index contributed by atoms with van der Waals surface area (Å²) >= 11 is 0. The molecule has 1 aliphatic heterocycles. The van der Waals surface area contributed by atoms with Gasteiger partial charge in [-0.1, -0.05) is 6.92 Å². The molecule has 1 fully saturated rings. The van der Waals surface area contributed by atoms with Gasteiger partial charge in [0.25, 0.3) is 0 Å². The van der Waals surface area contributed by atoms with Crippen LogP contribution in [-0.2, 0) is 4.74 Å². The quantitative estimate of drug-likeness (QED) is 0.558. The van der Waals surface area contributed by atoms with Crippen molar-refractivity contribution in [3.8, 4) is 0 Å². The molecule has 1 aliphatic rings. The van der Waals surface area contributed by atoms with Crippen LogP contribution in [0.1, 0.15) is 13.8 Å². The Balaban J connectivity index is 2.55. The number of likely N-dealkylation sites (N-methyl/N-ethyl adjacent to an activating group) is 1. The van der Waals surface area contributed by atoms with Crippen LogP contribution in [0, 0.1) is 0 Å². The van der Waals surface area contributed by atoms with Crippen molar-refractivity contribution in [3.05, 3.63) is 0 Å². The molecule has 0 aromatic heterocycles. The Labute approximate surface area is 71.6 Å². The molecule has 2 nitrogen and oxygen atoms in total. The van der Waals surface area contributed by atoms with Crippen molar-refractivity contribution in [1.29, 1.82) is 0 Å². The maximum atomic E-state index is 5.40. The second kappa shape index (κ2) is 4.91. The van der Waals surface area contributed by atoms with E-state index in [-0.39, 0.29) is 0 Å². The van der Waals surface area contributed by atoms with Crippen LogP contribution < -0.4 is 0 Å². The first-order valence-electron chi connectivity index (χ1n) is 4.20. The topological polar surface area (TPSA) is 12.5 Å². The summed E-state index contributed by atoms with van der Waals surface area (Å²) < 4.78 is 7.90. The van der Waals surface area contributed by atoms with E-state index in [2.05, 4.69) is 23.5 Å². The summed E-state index contributed by atoms with van der Waals surface area (Å²) in [7, 11) is 0.377. The molecule has 0 amide bonds. The summed E-state index contributed by atoms with van der Waals surface area (Å²) in [4.78, 5) is 0. The number of hydrogen-bond acceptors (Lipinski definition) is 2. The molecule has 1 rings (SSSR count). The second-order valence-electron chi connectivity index (χ2n) is 2.48. The van der Waals surface area contributed by atoms with Gasteiger partial charge in [0.2, 0.25) is 0 Å². The van der Waals surface area contributed by atoms with Crippen LogP contribution in [0.3, 0.4) is 0 Å². The highest BCUT2D eigenvalue weighted by Crippen LogP contribution is 2.19. The lowest BCUT2D eigenvalue weighted by atomic mass is 10.6. The monoisotopic (exact) mass is 175 g/mol. The molecule has 0 aromatic rings. The molecule has 0 radical (unpaired) electrons. The van der Waals surface area contributed by atoms with E-state index in [0.717, 1.165) is 26.3 Å². The summed E-state index contributed by atoms with van der Waals surface area (Å²) in [5.74, 6) is 1.18. The summed E-state index contributed by atoms with van der Waals surface area (Å²) in [6.07, 6.45) is 0. The minimum absolute atomic E-state index is 0.377. The smallest absolute Gasteiger partial charge is 0.0603 e. The first-order chi connectivity index (χ1) is 5.38. The van der Waals surface area contributed by atoms with Crippen molar-refractivity contribution in [2.45, 2.75) is 13.8 Å². The average molecular weight is 175 g/mol. The fourth-order valence-electron chi connectivity index (χ4n) is 1.25. The number of rotatable bonds is 1. The standard InChI is InChI=1S/C8H17NOS/c1-3-9-5-6-10-7-8-11(9)4-2/h4H,3,5-8H2,1-2H3. The Bertz CT molecular complexity index is 147. The molecule has 0 saturated carbocycles. The van der Waals surface area contributed by atoms with Crippen LogP contribution in [0.25, 0.3) is 0 Å². The van der Waals surface area contributed by atoms with E-state index in [9.17, 15) is 0 Å². The van der Waals surface area contributed by atoms with Crippen LogP contribution in [0.4, 0.5) is 0 Å². The van der Waals surface area contributed by atoms with Gasteiger partial charge in [0.05, 0.1) is 13.2 Å². The lowest BCUT2D eigenvalue weighted by molar-refractivity contribution is 0.147. The van der Waals surface area contributed by atoms with E-state index >= 15 is 0 Å². The Morgan fingerprint density at radius 3 is 3.00 bits per heavy atom. The first-order valence-corrected chi connectivity index (χ1v) is 5.62. The van der Waals surface area contributed by atoms with Crippen LogP contribution in [-0.4, -0.2) is 41.7 Å².